The Morgan fingerprint density at radius 2 is 1.82 bits per heavy atom. The Morgan fingerprint density at radius 3 is 2.09 bits per heavy atom. The van der Waals surface area contributed by atoms with Crippen LogP contribution in [0.25, 0.3) is 0 Å². The van der Waals surface area contributed by atoms with E-state index < -0.39 is 0 Å². The van der Waals surface area contributed by atoms with Crippen LogP contribution >= 0.6 is 0 Å². The molecule has 11 heavy (non-hydrogen) atoms. The molecule has 0 aromatic rings. The van der Waals surface area contributed by atoms with Gasteiger partial charge in [-0.1, -0.05) is 6.92 Å². The molecule has 0 amide bonds. The van der Waals surface area contributed by atoms with Gasteiger partial charge < -0.3 is 10.6 Å². The van der Waals surface area contributed by atoms with Crippen LogP contribution in [0.3, 0.4) is 0 Å². The predicted octanol–water partition coefficient (Wildman–Crippen LogP) is 1.31. The van der Waals surface area contributed by atoms with E-state index >= 15 is 0 Å². The fraction of sp³-hybridized carbons (Fsp3) is 1.00. The van der Waals surface area contributed by atoms with Gasteiger partial charge in [0.15, 0.2) is 0 Å². The monoisotopic (exact) mass is 158 g/mol. The number of rotatable bonds is 3. The first-order valence-corrected chi connectivity index (χ1v) is 4.29. The molecule has 68 valence electrons. The van der Waals surface area contributed by atoms with Gasteiger partial charge in [0.2, 0.25) is 0 Å². The minimum atomic E-state index is 0.267. The van der Waals surface area contributed by atoms with E-state index in [-0.39, 0.29) is 5.54 Å². The number of hydrogen-bond donors (Lipinski definition) is 1. The Bertz CT molecular complexity index is 105. The van der Waals surface area contributed by atoms with Crippen LogP contribution in [0.2, 0.25) is 0 Å². The molecule has 0 heterocycles. The second-order valence-electron chi connectivity index (χ2n) is 4.39. The highest BCUT2D eigenvalue weighted by molar-refractivity contribution is 4.74. The van der Waals surface area contributed by atoms with Gasteiger partial charge in [-0.3, -0.25) is 0 Å². The van der Waals surface area contributed by atoms with Crippen LogP contribution in [0.5, 0.6) is 0 Å². The molecule has 2 nitrogen and oxygen atoms in total. The van der Waals surface area contributed by atoms with Gasteiger partial charge in [0.05, 0.1) is 0 Å². The maximum absolute atomic E-state index is 5.54. The van der Waals surface area contributed by atoms with E-state index in [4.69, 9.17) is 5.73 Å². The molecular weight excluding hydrogens is 136 g/mol. The Labute approximate surface area is 70.8 Å². The normalized spacial score (nSPS) is 15.5. The van der Waals surface area contributed by atoms with Crippen LogP contribution in [0.15, 0.2) is 0 Å². The SMILES string of the molecule is CC(CN)CN(C)C(C)(C)C. The molecule has 0 spiro atoms. The van der Waals surface area contributed by atoms with Gasteiger partial charge in [0, 0.05) is 12.1 Å². The summed E-state index contributed by atoms with van der Waals surface area (Å²) in [6.45, 7) is 10.7. The molecule has 0 rings (SSSR count). The maximum atomic E-state index is 5.54. The molecule has 0 aromatic carbocycles. The van der Waals surface area contributed by atoms with Gasteiger partial charge in [0.1, 0.15) is 0 Å². The molecule has 0 saturated heterocycles. The first-order valence-electron chi connectivity index (χ1n) is 4.29. The maximum Gasteiger partial charge on any atom is 0.0122 e. The lowest BCUT2D eigenvalue weighted by atomic mass is 10.0. The summed E-state index contributed by atoms with van der Waals surface area (Å²) in [6, 6.07) is 0. The number of hydrogen-bond acceptors (Lipinski definition) is 2. The average Bonchev–Trinajstić information content (AvgIpc) is 1.85. The zero-order chi connectivity index (χ0) is 9.07. The van der Waals surface area contributed by atoms with Crippen molar-refractivity contribution in [1.29, 1.82) is 0 Å². The summed E-state index contributed by atoms with van der Waals surface area (Å²) >= 11 is 0. The first-order chi connectivity index (χ1) is 4.88. The molecular formula is C9H22N2. The van der Waals surface area contributed by atoms with Crippen molar-refractivity contribution >= 4 is 0 Å². The van der Waals surface area contributed by atoms with Crippen molar-refractivity contribution in [2.75, 3.05) is 20.1 Å². The minimum absolute atomic E-state index is 0.267. The molecule has 0 bridgehead atoms. The summed E-state index contributed by atoms with van der Waals surface area (Å²) in [5.41, 5.74) is 5.80. The minimum Gasteiger partial charge on any atom is -0.330 e. The lowest BCUT2D eigenvalue weighted by Gasteiger charge is -2.33. The van der Waals surface area contributed by atoms with Crippen LogP contribution < -0.4 is 5.73 Å². The third-order valence-electron chi connectivity index (χ3n) is 2.13. The van der Waals surface area contributed by atoms with E-state index in [1.54, 1.807) is 0 Å². The fourth-order valence-electron chi connectivity index (χ4n) is 0.816. The molecule has 0 saturated carbocycles. The van der Waals surface area contributed by atoms with Gasteiger partial charge in [-0.15, -0.1) is 0 Å². The lowest BCUT2D eigenvalue weighted by Crippen LogP contribution is -2.41. The average molecular weight is 158 g/mol. The largest absolute Gasteiger partial charge is 0.330 e. The first kappa shape index (κ1) is 10.9. The Balaban J connectivity index is 3.77. The molecule has 2 heteroatoms. The van der Waals surface area contributed by atoms with Crippen LogP contribution in [-0.4, -0.2) is 30.6 Å². The molecule has 0 aliphatic carbocycles. The van der Waals surface area contributed by atoms with E-state index in [1.165, 1.54) is 0 Å². The summed E-state index contributed by atoms with van der Waals surface area (Å²) in [5.74, 6) is 0.597. The van der Waals surface area contributed by atoms with Crippen molar-refractivity contribution in [1.82, 2.24) is 4.90 Å². The highest BCUT2D eigenvalue weighted by Crippen LogP contribution is 2.11. The third kappa shape index (κ3) is 4.38. The Kier molecular flexibility index (Phi) is 4.04. The topological polar surface area (TPSA) is 29.3 Å². The summed E-state index contributed by atoms with van der Waals surface area (Å²) in [6.07, 6.45) is 0. The zero-order valence-electron chi connectivity index (χ0n) is 8.52. The van der Waals surface area contributed by atoms with Crippen LogP contribution in [-0.2, 0) is 0 Å². The van der Waals surface area contributed by atoms with Gasteiger partial charge in [-0.25, -0.2) is 0 Å². The van der Waals surface area contributed by atoms with Crippen molar-refractivity contribution in [2.24, 2.45) is 11.7 Å². The van der Waals surface area contributed by atoms with E-state index in [1.807, 2.05) is 0 Å². The van der Waals surface area contributed by atoms with Crippen molar-refractivity contribution in [2.45, 2.75) is 33.2 Å². The lowest BCUT2D eigenvalue weighted by molar-refractivity contribution is 0.154. The molecule has 1 unspecified atom stereocenters. The smallest absolute Gasteiger partial charge is 0.0122 e. The molecule has 1 atom stereocenters. The van der Waals surface area contributed by atoms with E-state index in [0.717, 1.165) is 13.1 Å². The molecule has 2 N–H and O–H groups in total. The van der Waals surface area contributed by atoms with Crippen LogP contribution in [0.4, 0.5) is 0 Å². The van der Waals surface area contributed by atoms with Gasteiger partial charge in [0.25, 0.3) is 0 Å². The third-order valence-corrected chi connectivity index (χ3v) is 2.13. The van der Waals surface area contributed by atoms with E-state index in [0.29, 0.717) is 5.92 Å². The summed E-state index contributed by atoms with van der Waals surface area (Å²) in [4.78, 5) is 2.34. The zero-order valence-corrected chi connectivity index (χ0v) is 8.52. The van der Waals surface area contributed by atoms with Crippen LogP contribution in [0.1, 0.15) is 27.7 Å². The van der Waals surface area contributed by atoms with Crippen molar-refractivity contribution in [3.05, 3.63) is 0 Å². The fourth-order valence-corrected chi connectivity index (χ4v) is 0.816. The highest BCUT2D eigenvalue weighted by atomic mass is 15.2. The molecule has 0 aliphatic rings. The Hall–Kier alpha value is -0.0800. The molecule has 0 fully saturated rings. The van der Waals surface area contributed by atoms with Crippen LogP contribution in [0, 0.1) is 5.92 Å². The summed E-state index contributed by atoms with van der Waals surface area (Å²) < 4.78 is 0. The van der Waals surface area contributed by atoms with Gasteiger partial charge in [-0.05, 0) is 40.3 Å². The van der Waals surface area contributed by atoms with Crippen molar-refractivity contribution in [3.8, 4) is 0 Å². The summed E-state index contributed by atoms with van der Waals surface area (Å²) in [5, 5.41) is 0. The van der Waals surface area contributed by atoms with Crippen molar-refractivity contribution in [3.63, 3.8) is 0 Å². The van der Waals surface area contributed by atoms with Gasteiger partial charge in [-0.2, -0.15) is 0 Å². The van der Waals surface area contributed by atoms with E-state index in [9.17, 15) is 0 Å². The Morgan fingerprint density at radius 1 is 1.36 bits per heavy atom. The standard InChI is InChI=1S/C9H22N2/c1-8(6-10)7-11(5)9(2,3)4/h8H,6-7,10H2,1-5H3. The molecule has 0 aromatic heterocycles. The molecule has 0 radical (unpaired) electrons. The van der Waals surface area contributed by atoms with E-state index in [2.05, 4.69) is 39.6 Å². The van der Waals surface area contributed by atoms with Gasteiger partial charge >= 0.3 is 0 Å². The second-order valence-corrected chi connectivity index (χ2v) is 4.39. The number of nitrogens with two attached hydrogens (primary N) is 1. The second kappa shape index (κ2) is 4.07. The highest BCUT2D eigenvalue weighted by Gasteiger charge is 2.17. The quantitative estimate of drug-likeness (QED) is 0.671. The predicted molar refractivity (Wildman–Crippen MR) is 50.6 cm³/mol. The number of nitrogens with zero attached hydrogens (tertiary/aromatic N) is 1. The molecule has 0 aliphatic heterocycles. The van der Waals surface area contributed by atoms with Crippen molar-refractivity contribution < 1.29 is 0 Å². The summed E-state index contributed by atoms with van der Waals surface area (Å²) in [7, 11) is 2.14.